The lowest BCUT2D eigenvalue weighted by Gasteiger charge is -2.18. The smallest absolute Gasteiger partial charge is 0.0168 e. The third-order valence-corrected chi connectivity index (χ3v) is 4.04. The monoisotopic (exact) mass is 336 g/mol. The third-order valence-electron chi connectivity index (χ3n) is 3.06. The van der Waals surface area contributed by atoms with Crippen LogP contribution in [0.4, 0.5) is 0 Å². The minimum Gasteiger partial charge on any atom is -0.0653 e. The molecule has 0 bridgehead atoms. The summed E-state index contributed by atoms with van der Waals surface area (Å²) in [5.74, 6) is 0.536. The first-order valence-corrected chi connectivity index (χ1v) is 7.20. The molecule has 1 heteroatoms. The average molecular weight is 336 g/mol. The minimum absolute atomic E-state index is 0.536. The molecule has 17 heavy (non-hydrogen) atoms. The molecule has 1 atom stereocenters. The molecular weight excluding hydrogens is 319 g/mol. The maximum atomic E-state index is 2.44. The zero-order chi connectivity index (χ0) is 12.1. The van der Waals surface area contributed by atoms with E-state index < -0.39 is 0 Å². The van der Waals surface area contributed by atoms with Crippen LogP contribution in [0.25, 0.3) is 0 Å². The van der Waals surface area contributed by atoms with Gasteiger partial charge in [-0.2, -0.15) is 0 Å². The Bertz CT molecular complexity index is 462. The molecule has 0 aliphatic heterocycles. The molecule has 0 saturated heterocycles. The Hall–Kier alpha value is -0.830. The maximum absolute atomic E-state index is 2.44. The number of benzene rings is 2. The summed E-state index contributed by atoms with van der Waals surface area (Å²) in [6.45, 7) is 2.26. The van der Waals surface area contributed by atoms with Crippen LogP contribution in [0.1, 0.15) is 36.8 Å². The first kappa shape index (κ1) is 12.6. The Morgan fingerprint density at radius 3 is 2.24 bits per heavy atom. The van der Waals surface area contributed by atoms with Gasteiger partial charge in [-0.15, -0.1) is 0 Å². The van der Waals surface area contributed by atoms with Gasteiger partial charge in [0, 0.05) is 9.49 Å². The molecule has 0 saturated carbocycles. The summed E-state index contributed by atoms with van der Waals surface area (Å²) in [6.07, 6.45) is 2.43. The molecule has 0 spiro atoms. The summed E-state index contributed by atoms with van der Waals surface area (Å²) in [6, 6.07) is 19.5. The van der Waals surface area contributed by atoms with Gasteiger partial charge in [-0.3, -0.25) is 0 Å². The Balaban J connectivity index is 2.39. The molecule has 2 rings (SSSR count). The van der Waals surface area contributed by atoms with Gasteiger partial charge < -0.3 is 0 Å². The van der Waals surface area contributed by atoms with Crippen LogP contribution in [0.2, 0.25) is 0 Å². The zero-order valence-electron chi connectivity index (χ0n) is 10.1. The van der Waals surface area contributed by atoms with E-state index in [9.17, 15) is 0 Å². The van der Waals surface area contributed by atoms with Crippen LogP contribution in [-0.2, 0) is 0 Å². The number of hydrogen-bond acceptors (Lipinski definition) is 0. The van der Waals surface area contributed by atoms with Gasteiger partial charge in [0.2, 0.25) is 0 Å². The van der Waals surface area contributed by atoms with E-state index in [1.807, 2.05) is 0 Å². The fraction of sp³-hybridized carbons (Fsp3) is 0.250. The van der Waals surface area contributed by atoms with Gasteiger partial charge in [0.15, 0.2) is 0 Å². The Morgan fingerprint density at radius 2 is 1.59 bits per heavy atom. The largest absolute Gasteiger partial charge is 0.0653 e. The van der Waals surface area contributed by atoms with Crippen LogP contribution in [-0.4, -0.2) is 0 Å². The summed E-state index contributed by atoms with van der Waals surface area (Å²) in [5, 5.41) is 0. The second-order valence-corrected chi connectivity index (χ2v) is 5.44. The summed E-state index contributed by atoms with van der Waals surface area (Å²) >= 11 is 2.44. The highest BCUT2D eigenvalue weighted by molar-refractivity contribution is 14.1. The average Bonchev–Trinajstić information content (AvgIpc) is 2.38. The van der Waals surface area contributed by atoms with Crippen molar-refractivity contribution in [3.05, 3.63) is 69.3 Å². The fourth-order valence-electron chi connectivity index (χ4n) is 2.23. The molecule has 0 heterocycles. The zero-order valence-corrected chi connectivity index (χ0v) is 12.2. The lowest BCUT2D eigenvalue weighted by atomic mass is 9.88. The van der Waals surface area contributed by atoms with Crippen molar-refractivity contribution in [3.63, 3.8) is 0 Å². The Kier molecular flexibility index (Phi) is 4.60. The highest BCUT2D eigenvalue weighted by Gasteiger charge is 2.14. The van der Waals surface area contributed by atoms with Gasteiger partial charge >= 0.3 is 0 Å². The molecule has 0 aliphatic rings. The first-order valence-electron chi connectivity index (χ1n) is 6.12. The van der Waals surface area contributed by atoms with E-state index in [1.165, 1.54) is 27.5 Å². The highest BCUT2D eigenvalue weighted by atomic mass is 127. The van der Waals surface area contributed by atoms with Crippen molar-refractivity contribution in [1.82, 2.24) is 0 Å². The molecule has 1 unspecified atom stereocenters. The quantitative estimate of drug-likeness (QED) is 0.671. The number of rotatable bonds is 4. The van der Waals surface area contributed by atoms with E-state index in [0.29, 0.717) is 5.92 Å². The SMILES string of the molecule is CCCC(c1ccccc1)c1ccccc1I. The van der Waals surface area contributed by atoms with Gasteiger partial charge in [0.25, 0.3) is 0 Å². The van der Waals surface area contributed by atoms with E-state index in [1.54, 1.807) is 0 Å². The first-order chi connectivity index (χ1) is 8.33. The molecule has 0 aliphatic carbocycles. The lowest BCUT2D eigenvalue weighted by Crippen LogP contribution is -2.02. The van der Waals surface area contributed by atoms with Crippen LogP contribution < -0.4 is 0 Å². The minimum atomic E-state index is 0.536. The van der Waals surface area contributed by atoms with Gasteiger partial charge in [-0.25, -0.2) is 0 Å². The predicted molar refractivity (Wildman–Crippen MR) is 82.4 cm³/mol. The van der Waals surface area contributed by atoms with E-state index >= 15 is 0 Å². The van der Waals surface area contributed by atoms with Crippen molar-refractivity contribution in [2.75, 3.05) is 0 Å². The van der Waals surface area contributed by atoms with Crippen molar-refractivity contribution in [1.29, 1.82) is 0 Å². The molecule has 0 N–H and O–H groups in total. The van der Waals surface area contributed by atoms with E-state index in [0.717, 1.165) is 0 Å². The van der Waals surface area contributed by atoms with Crippen molar-refractivity contribution in [2.24, 2.45) is 0 Å². The van der Waals surface area contributed by atoms with Crippen molar-refractivity contribution in [3.8, 4) is 0 Å². The van der Waals surface area contributed by atoms with Crippen LogP contribution in [0, 0.1) is 3.57 Å². The standard InChI is InChI=1S/C16H17I/c1-2-8-14(13-9-4-3-5-10-13)15-11-6-7-12-16(15)17/h3-7,9-12,14H,2,8H2,1H3. The van der Waals surface area contributed by atoms with Crippen molar-refractivity contribution >= 4 is 22.6 Å². The number of hydrogen-bond donors (Lipinski definition) is 0. The molecule has 88 valence electrons. The summed E-state index contributed by atoms with van der Waals surface area (Å²) in [4.78, 5) is 0. The van der Waals surface area contributed by atoms with Crippen LogP contribution in [0.5, 0.6) is 0 Å². The molecule has 2 aromatic rings. The topological polar surface area (TPSA) is 0 Å². The molecular formula is C16H17I. The lowest BCUT2D eigenvalue weighted by molar-refractivity contribution is 0.695. The molecule has 0 amide bonds. The van der Waals surface area contributed by atoms with E-state index in [4.69, 9.17) is 0 Å². The second-order valence-electron chi connectivity index (χ2n) is 4.27. The third kappa shape index (κ3) is 3.09. The molecule has 0 aromatic heterocycles. The number of halogens is 1. The molecule has 0 radical (unpaired) electrons. The van der Waals surface area contributed by atoms with E-state index in [-0.39, 0.29) is 0 Å². The second kappa shape index (κ2) is 6.20. The van der Waals surface area contributed by atoms with Crippen LogP contribution >= 0.6 is 22.6 Å². The van der Waals surface area contributed by atoms with E-state index in [2.05, 4.69) is 84.1 Å². The normalized spacial score (nSPS) is 12.4. The van der Waals surface area contributed by atoms with Gasteiger partial charge in [0.1, 0.15) is 0 Å². The summed E-state index contributed by atoms with van der Waals surface area (Å²) < 4.78 is 1.37. The van der Waals surface area contributed by atoms with Gasteiger partial charge in [0.05, 0.1) is 0 Å². The van der Waals surface area contributed by atoms with Gasteiger partial charge in [-0.1, -0.05) is 61.9 Å². The van der Waals surface area contributed by atoms with Crippen LogP contribution in [0.15, 0.2) is 54.6 Å². The Morgan fingerprint density at radius 1 is 0.941 bits per heavy atom. The molecule has 0 fully saturated rings. The summed E-state index contributed by atoms with van der Waals surface area (Å²) in [5.41, 5.74) is 2.89. The summed E-state index contributed by atoms with van der Waals surface area (Å²) in [7, 11) is 0. The van der Waals surface area contributed by atoms with Crippen molar-refractivity contribution in [2.45, 2.75) is 25.7 Å². The molecule has 0 nitrogen and oxygen atoms in total. The predicted octanol–water partition coefficient (Wildman–Crippen LogP) is 5.22. The fourth-order valence-corrected chi connectivity index (χ4v) is 3.00. The maximum Gasteiger partial charge on any atom is 0.0168 e. The molecule has 2 aromatic carbocycles. The Labute approximate surface area is 117 Å². The highest BCUT2D eigenvalue weighted by Crippen LogP contribution is 2.31. The van der Waals surface area contributed by atoms with Crippen molar-refractivity contribution < 1.29 is 0 Å². The van der Waals surface area contributed by atoms with Crippen LogP contribution in [0.3, 0.4) is 0 Å². The van der Waals surface area contributed by atoms with Gasteiger partial charge in [-0.05, 0) is 46.2 Å².